The Balaban J connectivity index is 1.97. The van der Waals surface area contributed by atoms with Gasteiger partial charge in [-0.2, -0.15) is 0 Å². The molecule has 6 heteroatoms. The largest absolute Gasteiger partial charge is 0.493 e. The van der Waals surface area contributed by atoms with Gasteiger partial charge in [-0.25, -0.2) is 0 Å². The highest BCUT2D eigenvalue weighted by atomic mass is 79.9. The molecule has 0 saturated carbocycles. The SMILES string of the molecule is CCCCCn1c(O)c(N=NC(=O)c2ccc(Br)cc2)c2cc(C)ccc21. The Kier molecular flexibility index (Phi) is 6.06. The summed E-state index contributed by atoms with van der Waals surface area (Å²) in [6.07, 6.45) is 3.16. The molecule has 0 saturated heterocycles. The maximum atomic E-state index is 12.3. The van der Waals surface area contributed by atoms with Crippen molar-refractivity contribution in [3.05, 3.63) is 58.1 Å². The summed E-state index contributed by atoms with van der Waals surface area (Å²) in [7, 11) is 0. The van der Waals surface area contributed by atoms with Crippen molar-refractivity contribution in [3.63, 3.8) is 0 Å². The van der Waals surface area contributed by atoms with E-state index in [0.717, 1.165) is 40.2 Å². The van der Waals surface area contributed by atoms with E-state index in [9.17, 15) is 9.90 Å². The fourth-order valence-electron chi connectivity index (χ4n) is 3.03. The van der Waals surface area contributed by atoms with Crippen molar-refractivity contribution in [1.82, 2.24) is 4.57 Å². The number of carbonyl (C=O) groups excluding carboxylic acids is 1. The number of azo groups is 1. The van der Waals surface area contributed by atoms with Crippen LogP contribution in [0, 0.1) is 6.92 Å². The van der Waals surface area contributed by atoms with E-state index < -0.39 is 5.91 Å². The number of benzene rings is 2. The Labute approximate surface area is 166 Å². The second kappa shape index (κ2) is 8.48. The molecule has 5 nitrogen and oxygen atoms in total. The van der Waals surface area contributed by atoms with Crippen LogP contribution in [0.1, 0.15) is 42.1 Å². The van der Waals surface area contributed by atoms with Crippen LogP contribution in [0.2, 0.25) is 0 Å². The maximum absolute atomic E-state index is 12.3. The first-order valence-corrected chi connectivity index (χ1v) is 9.84. The number of rotatable bonds is 6. The molecule has 2 aromatic carbocycles. The second-order valence-electron chi connectivity index (χ2n) is 6.56. The Morgan fingerprint density at radius 3 is 2.59 bits per heavy atom. The minimum atomic E-state index is -0.443. The fourth-order valence-corrected chi connectivity index (χ4v) is 3.29. The number of fused-ring (bicyclic) bond motifs is 1. The van der Waals surface area contributed by atoms with Crippen LogP contribution in [0.25, 0.3) is 10.9 Å². The van der Waals surface area contributed by atoms with Gasteiger partial charge in [0, 0.05) is 22.0 Å². The number of halogens is 1. The average molecular weight is 428 g/mol. The molecule has 0 aliphatic rings. The molecule has 0 aliphatic carbocycles. The lowest BCUT2D eigenvalue weighted by molar-refractivity contribution is 0.0995. The zero-order valence-electron chi connectivity index (χ0n) is 15.4. The molecule has 0 aliphatic heterocycles. The van der Waals surface area contributed by atoms with Gasteiger partial charge in [-0.1, -0.05) is 47.3 Å². The number of aryl methyl sites for hydroxylation is 2. The van der Waals surface area contributed by atoms with Crippen molar-refractivity contribution in [3.8, 4) is 5.88 Å². The summed E-state index contributed by atoms with van der Waals surface area (Å²) in [4.78, 5) is 12.3. The first-order valence-electron chi connectivity index (χ1n) is 9.04. The Hall–Kier alpha value is -2.47. The first-order chi connectivity index (χ1) is 13.0. The second-order valence-corrected chi connectivity index (χ2v) is 7.48. The maximum Gasteiger partial charge on any atom is 0.295 e. The van der Waals surface area contributed by atoms with Gasteiger partial charge in [-0.15, -0.1) is 10.2 Å². The molecule has 1 heterocycles. The highest BCUT2D eigenvalue weighted by molar-refractivity contribution is 9.10. The van der Waals surface area contributed by atoms with Crippen molar-refractivity contribution in [2.45, 2.75) is 39.7 Å². The number of carbonyl (C=O) groups is 1. The topological polar surface area (TPSA) is 66.9 Å². The van der Waals surface area contributed by atoms with Crippen LogP contribution in [0.15, 0.2) is 57.2 Å². The molecule has 0 radical (unpaired) electrons. The average Bonchev–Trinajstić information content (AvgIpc) is 2.91. The van der Waals surface area contributed by atoms with Gasteiger partial charge >= 0.3 is 0 Å². The Morgan fingerprint density at radius 1 is 1.15 bits per heavy atom. The molecule has 1 aromatic heterocycles. The highest BCUT2D eigenvalue weighted by Gasteiger charge is 2.17. The summed E-state index contributed by atoms with van der Waals surface area (Å²) in [5, 5.41) is 19.5. The summed E-state index contributed by atoms with van der Waals surface area (Å²) in [6, 6.07) is 12.9. The third kappa shape index (κ3) is 4.27. The lowest BCUT2D eigenvalue weighted by atomic mass is 10.1. The monoisotopic (exact) mass is 427 g/mol. The smallest absolute Gasteiger partial charge is 0.295 e. The van der Waals surface area contributed by atoms with E-state index in [1.165, 1.54) is 0 Å². The molecule has 0 atom stereocenters. The van der Waals surface area contributed by atoms with Crippen LogP contribution < -0.4 is 0 Å². The van der Waals surface area contributed by atoms with Crippen molar-refractivity contribution in [2.24, 2.45) is 10.2 Å². The van der Waals surface area contributed by atoms with Crippen LogP contribution >= 0.6 is 15.9 Å². The van der Waals surface area contributed by atoms with E-state index in [-0.39, 0.29) is 5.88 Å². The van der Waals surface area contributed by atoms with Crippen LogP contribution in [0.4, 0.5) is 5.69 Å². The fraction of sp³-hybridized carbons (Fsp3) is 0.286. The van der Waals surface area contributed by atoms with Crippen LogP contribution in [0.3, 0.4) is 0 Å². The molecule has 3 aromatic rings. The molecule has 140 valence electrons. The lowest BCUT2D eigenvalue weighted by Crippen LogP contribution is -1.96. The minimum Gasteiger partial charge on any atom is -0.493 e. The third-order valence-corrected chi connectivity index (χ3v) is 5.01. The molecule has 0 fully saturated rings. The standard InChI is InChI=1S/C21H22BrN3O2/c1-3-4-5-12-25-18-11-6-14(2)13-17(18)19(21(25)27)23-24-20(26)15-7-9-16(22)10-8-15/h6-11,13,27H,3-5,12H2,1-2H3. The number of aromatic hydroxyl groups is 1. The number of amides is 1. The summed E-state index contributed by atoms with van der Waals surface area (Å²) in [6.45, 7) is 4.83. The number of unbranched alkanes of at least 4 members (excludes halogenated alkanes) is 2. The van der Waals surface area contributed by atoms with Crippen molar-refractivity contribution in [2.75, 3.05) is 0 Å². The van der Waals surface area contributed by atoms with E-state index in [4.69, 9.17) is 0 Å². The van der Waals surface area contributed by atoms with Gasteiger partial charge in [0.1, 0.15) is 0 Å². The van der Waals surface area contributed by atoms with Gasteiger partial charge in [-0.3, -0.25) is 4.79 Å². The Morgan fingerprint density at radius 2 is 1.89 bits per heavy atom. The Bertz CT molecular complexity index is 991. The van der Waals surface area contributed by atoms with Gasteiger partial charge in [-0.05, 0) is 49.7 Å². The van der Waals surface area contributed by atoms with Gasteiger partial charge in [0.05, 0.1) is 5.52 Å². The first kappa shape index (κ1) is 19.3. The van der Waals surface area contributed by atoms with E-state index in [0.29, 0.717) is 17.8 Å². The molecule has 1 amide bonds. The molecule has 0 spiro atoms. The zero-order chi connectivity index (χ0) is 19.4. The number of nitrogens with zero attached hydrogens (tertiary/aromatic N) is 3. The van der Waals surface area contributed by atoms with Crippen LogP contribution in [0.5, 0.6) is 5.88 Å². The third-order valence-electron chi connectivity index (χ3n) is 4.48. The van der Waals surface area contributed by atoms with E-state index in [1.807, 2.05) is 29.7 Å². The number of hydrogen-bond acceptors (Lipinski definition) is 3. The van der Waals surface area contributed by atoms with E-state index in [1.54, 1.807) is 24.3 Å². The van der Waals surface area contributed by atoms with Gasteiger partial charge in [0.25, 0.3) is 5.91 Å². The summed E-state index contributed by atoms with van der Waals surface area (Å²) in [5.74, 6) is -0.388. The summed E-state index contributed by atoms with van der Waals surface area (Å²) in [5.41, 5.74) is 2.75. The minimum absolute atomic E-state index is 0.0547. The summed E-state index contributed by atoms with van der Waals surface area (Å²) < 4.78 is 2.74. The van der Waals surface area contributed by atoms with Gasteiger partial charge < -0.3 is 9.67 Å². The van der Waals surface area contributed by atoms with Crippen molar-refractivity contribution >= 4 is 38.4 Å². The normalized spacial score (nSPS) is 11.5. The molecular weight excluding hydrogens is 406 g/mol. The van der Waals surface area contributed by atoms with Gasteiger partial charge in [0.2, 0.25) is 5.88 Å². The quantitative estimate of drug-likeness (QED) is 0.358. The molecule has 27 heavy (non-hydrogen) atoms. The number of aromatic nitrogens is 1. The molecule has 0 unspecified atom stereocenters. The van der Waals surface area contributed by atoms with E-state index in [2.05, 4.69) is 33.1 Å². The lowest BCUT2D eigenvalue weighted by Gasteiger charge is -2.06. The van der Waals surface area contributed by atoms with Gasteiger partial charge in [0.15, 0.2) is 5.69 Å². The molecule has 0 bridgehead atoms. The molecule has 3 rings (SSSR count). The zero-order valence-corrected chi connectivity index (χ0v) is 17.0. The number of hydrogen-bond donors (Lipinski definition) is 1. The molecular formula is C21H22BrN3O2. The molecule has 1 N–H and O–H groups in total. The van der Waals surface area contributed by atoms with Crippen molar-refractivity contribution in [1.29, 1.82) is 0 Å². The predicted octanol–water partition coefficient (Wildman–Crippen LogP) is 6.53. The van der Waals surface area contributed by atoms with Crippen LogP contribution in [-0.4, -0.2) is 15.6 Å². The van der Waals surface area contributed by atoms with E-state index >= 15 is 0 Å². The van der Waals surface area contributed by atoms with Crippen LogP contribution in [-0.2, 0) is 6.54 Å². The highest BCUT2D eigenvalue weighted by Crippen LogP contribution is 2.39. The summed E-state index contributed by atoms with van der Waals surface area (Å²) >= 11 is 3.34. The predicted molar refractivity (Wildman–Crippen MR) is 111 cm³/mol. The van der Waals surface area contributed by atoms with Crippen molar-refractivity contribution < 1.29 is 9.90 Å².